The fourth-order valence-electron chi connectivity index (χ4n) is 0.474. The van der Waals surface area contributed by atoms with Gasteiger partial charge in [0.05, 0.1) is 6.07 Å². The lowest BCUT2D eigenvalue weighted by atomic mass is 10.2. The molecular weight excluding hydrogens is 140 g/mol. The Morgan fingerprint density at radius 3 is 2.64 bits per heavy atom. The Balaban J connectivity index is 4.01. The second kappa shape index (κ2) is 4.51. The Bertz CT molecular complexity index is 213. The fourth-order valence-corrected chi connectivity index (χ4v) is 0.474. The van der Waals surface area contributed by atoms with Crippen LogP contribution in [0.5, 0.6) is 0 Å². The van der Waals surface area contributed by atoms with E-state index in [1.807, 2.05) is 6.07 Å². The lowest BCUT2D eigenvalue weighted by Gasteiger charge is -2.04. The molecule has 0 spiro atoms. The SMILES string of the molecule is C/C=C(/C)C(=O)N[C@H](C)C#N. The molecule has 0 fully saturated rings. The first-order valence-electron chi connectivity index (χ1n) is 3.45. The van der Waals surface area contributed by atoms with Gasteiger partial charge in [0, 0.05) is 5.57 Å². The number of nitrogens with zero attached hydrogens (tertiary/aromatic N) is 1. The number of allylic oxidation sites excluding steroid dienone is 1. The molecule has 0 aromatic carbocycles. The summed E-state index contributed by atoms with van der Waals surface area (Å²) in [5.41, 5.74) is 0.632. The molecule has 0 aliphatic rings. The van der Waals surface area contributed by atoms with Crippen LogP contribution < -0.4 is 5.32 Å². The summed E-state index contributed by atoms with van der Waals surface area (Å²) in [7, 11) is 0. The summed E-state index contributed by atoms with van der Waals surface area (Å²) >= 11 is 0. The van der Waals surface area contributed by atoms with E-state index in [4.69, 9.17) is 5.26 Å². The van der Waals surface area contributed by atoms with Gasteiger partial charge in [-0.3, -0.25) is 4.79 Å². The normalized spacial score (nSPS) is 13.5. The van der Waals surface area contributed by atoms with Gasteiger partial charge in [0.15, 0.2) is 0 Å². The number of carbonyl (C=O) groups excluding carboxylic acids is 1. The lowest BCUT2D eigenvalue weighted by molar-refractivity contribution is -0.117. The van der Waals surface area contributed by atoms with E-state index in [1.165, 1.54) is 0 Å². The molecule has 0 aliphatic heterocycles. The van der Waals surface area contributed by atoms with E-state index in [0.29, 0.717) is 5.57 Å². The van der Waals surface area contributed by atoms with Crippen molar-refractivity contribution in [1.82, 2.24) is 5.32 Å². The van der Waals surface area contributed by atoms with E-state index in [-0.39, 0.29) is 5.91 Å². The zero-order valence-electron chi connectivity index (χ0n) is 7.01. The molecule has 0 rings (SSSR count). The molecule has 60 valence electrons. The average Bonchev–Trinajstić information content (AvgIpc) is 2.02. The van der Waals surface area contributed by atoms with Gasteiger partial charge in [0.2, 0.25) is 5.91 Å². The summed E-state index contributed by atoms with van der Waals surface area (Å²) in [6.07, 6.45) is 1.71. The third-order valence-corrected chi connectivity index (χ3v) is 1.33. The summed E-state index contributed by atoms with van der Waals surface area (Å²) < 4.78 is 0. The minimum Gasteiger partial charge on any atom is -0.337 e. The summed E-state index contributed by atoms with van der Waals surface area (Å²) in [5.74, 6) is -0.179. The Morgan fingerprint density at radius 2 is 2.27 bits per heavy atom. The van der Waals surface area contributed by atoms with Crippen LogP contribution in [0.1, 0.15) is 20.8 Å². The second-order valence-corrected chi connectivity index (χ2v) is 2.30. The van der Waals surface area contributed by atoms with Crippen LogP contribution in [0.25, 0.3) is 0 Å². The largest absolute Gasteiger partial charge is 0.337 e. The molecule has 0 radical (unpaired) electrons. The highest BCUT2D eigenvalue weighted by atomic mass is 16.1. The zero-order valence-corrected chi connectivity index (χ0v) is 7.01. The predicted octanol–water partition coefficient (Wildman–Crippen LogP) is 0.981. The minimum atomic E-state index is -0.419. The number of nitrogens with one attached hydrogen (secondary N) is 1. The van der Waals surface area contributed by atoms with Crippen molar-refractivity contribution in [2.24, 2.45) is 0 Å². The number of hydrogen-bond donors (Lipinski definition) is 1. The Labute approximate surface area is 66.7 Å². The monoisotopic (exact) mass is 152 g/mol. The molecule has 1 N–H and O–H groups in total. The standard InChI is InChI=1S/C8H12N2O/c1-4-6(2)8(11)10-7(3)5-9/h4,7H,1-3H3,(H,10,11)/b6-4-/t7-/m1/s1. The van der Waals surface area contributed by atoms with Crippen molar-refractivity contribution < 1.29 is 4.79 Å². The average molecular weight is 152 g/mol. The smallest absolute Gasteiger partial charge is 0.247 e. The number of nitriles is 1. The summed E-state index contributed by atoms with van der Waals surface area (Å²) in [4.78, 5) is 11.0. The highest BCUT2D eigenvalue weighted by Gasteiger charge is 2.05. The molecule has 0 aromatic heterocycles. The van der Waals surface area contributed by atoms with Crippen LogP contribution in [0.3, 0.4) is 0 Å². The Morgan fingerprint density at radius 1 is 1.73 bits per heavy atom. The highest BCUT2D eigenvalue weighted by Crippen LogP contribution is 1.91. The molecule has 0 aliphatic carbocycles. The van der Waals surface area contributed by atoms with Gasteiger partial charge in [-0.05, 0) is 20.8 Å². The van der Waals surface area contributed by atoms with Gasteiger partial charge in [0.25, 0.3) is 0 Å². The van der Waals surface area contributed by atoms with Crippen molar-refractivity contribution in [1.29, 1.82) is 5.26 Å². The maximum atomic E-state index is 11.0. The van der Waals surface area contributed by atoms with Gasteiger partial charge in [-0.15, -0.1) is 0 Å². The molecule has 0 aromatic rings. The first-order valence-corrected chi connectivity index (χ1v) is 3.45. The fraction of sp³-hybridized carbons (Fsp3) is 0.500. The van der Waals surface area contributed by atoms with Gasteiger partial charge in [0.1, 0.15) is 6.04 Å². The molecule has 1 amide bonds. The van der Waals surface area contributed by atoms with Crippen molar-refractivity contribution >= 4 is 5.91 Å². The van der Waals surface area contributed by atoms with Crippen LogP contribution in [0.2, 0.25) is 0 Å². The van der Waals surface area contributed by atoms with Crippen LogP contribution in [-0.4, -0.2) is 11.9 Å². The summed E-state index contributed by atoms with van der Waals surface area (Å²) in [5, 5.41) is 10.9. The maximum absolute atomic E-state index is 11.0. The van der Waals surface area contributed by atoms with Crippen LogP contribution >= 0.6 is 0 Å². The molecule has 0 unspecified atom stereocenters. The molecule has 0 saturated heterocycles. The molecule has 3 nitrogen and oxygen atoms in total. The van der Waals surface area contributed by atoms with Crippen molar-refractivity contribution in [3.8, 4) is 6.07 Å². The van der Waals surface area contributed by atoms with Gasteiger partial charge in [-0.1, -0.05) is 6.08 Å². The quantitative estimate of drug-likeness (QED) is 0.600. The van der Waals surface area contributed by atoms with Crippen LogP contribution in [-0.2, 0) is 4.79 Å². The van der Waals surface area contributed by atoms with Crippen LogP contribution in [0.15, 0.2) is 11.6 Å². The third kappa shape index (κ3) is 3.41. The first-order chi connectivity index (χ1) is 5.11. The van der Waals surface area contributed by atoms with Crippen molar-refractivity contribution in [3.63, 3.8) is 0 Å². The van der Waals surface area contributed by atoms with Gasteiger partial charge >= 0.3 is 0 Å². The molecule has 1 atom stereocenters. The molecule has 11 heavy (non-hydrogen) atoms. The second-order valence-electron chi connectivity index (χ2n) is 2.30. The van der Waals surface area contributed by atoms with E-state index in [9.17, 15) is 4.79 Å². The molecule has 0 heterocycles. The van der Waals surface area contributed by atoms with Crippen molar-refractivity contribution in [2.45, 2.75) is 26.8 Å². The molecule has 0 bridgehead atoms. The van der Waals surface area contributed by atoms with Crippen molar-refractivity contribution in [2.75, 3.05) is 0 Å². The van der Waals surface area contributed by atoms with E-state index in [1.54, 1.807) is 26.8 Å². The van der Waals surface area contributed by atoms with Crippen molar-refractivity contribution in [3.05, 3.63) is 11.6 Å². The topological polar surface area (TPSA) is 52.9 Å². The van der Waals surface area contributed by atoms with E-state index in [2.05, 4.69) is 5.32 Å². The van der Waals surface area contributed by atoms with E-state index >= 15 is 0 Å². The molecule has 0 saturated carbocycles. The van der Waals surface area contributed by atoms with Gasteiger partial charge in [-0.25, -0.2) is 0 Å². The van der Waals surface area contributed by atoms with Gasteiger partial charge < -0.3 is 5.32 Å². The van der Waals surface area contributed by atoms with Crippen LogP contribution in [0.4, 0.5) is 0 Å². The van der Waals surface area contributed by atoms with Gasteiger partial charge in [-0.2, -0.15) is 5.26 Å². The lowest BCUT2D eigenvalue weighted by Crippen LogP contribution is -2.31. The maximum Gasteiger partial charge on any atom is 0.247 e. The third-order valence-electron chi connectivity index (χ3n) is 1.33. The summed E-state index contributed by atoms with van der Waals surface area (Å²) in [6, 6.07) is 1.50. The van der Waals surface area contributed by atoms with E-state index in [0.717, 1.165) is 0 Å². The number of carbonyl (C=O) groups is 1. The zero-order chi connectivity index (χ0) is 8.85. The Hall–Kier alpha value is -1.30. The highest BCUT2D eigenvalue weighted by molar-refractivity contribution is 5.92. The Kier molecular flexibility index (Phi) is 3.97. The van der Waals surface area contributed by atoms with Crippen LogP contribution in [0, 0.1) is 11.3 Å². The first kappa shape index (κ1) is 9.70. The summed E-state index contributed by atoms with van der Waals surface area (Å²) in [6.45, 7) is 5.13. The number of hydrogen-bond acceptors (Lipinski definition) is 2. The van der Waals surface area contributed by atoms with E-state index < -0.39 is 6.04 Å². The number of amides is 1. The number of rotatable bonds is 2. The molecule has 3 heteroatoms. The predicted molar refractivity (Wildman–Crippen MR) is 42.6 cm³/mol. The minimum absolute atomic E-state index is 0.179. The molecular formula is C8H12N2O.